The zero-order valence-electron chi connectivity index (χ0n) is 11.3. The molecule has 1 aromatic rings. The summed E-state index contributed by atoms with van der Waals surface area (Å²) < 4.78 is 5.65. The lowest BCUT2D eigenvalue weighted by Crippen LogP contribution is -2.23. The van der Waals surface area contributed by atoms with Gasteiger partial charge in [0.2, 0.25) is 0 Å². The van der Waals surface area contributed by atoms with Crippen molar-refractivity contribution in [1.82, 2.24) is 0 Å². The van der Waals surface area contributed by atoms with Crippen molar-refractivity contribution in [1.29, 1.82) is 0 Å². The quantitative estimate of drug-likeness (QED) is 0.757. The Morgan fingerprint density at radius 2 is 1.94 bits per heavy atom. The largest absolute Gasteiger partial charge is 0.390 e. The molecule has 0 bridgehead atoms. The molecular formula is C15H22O3. The number of rotatable bonds is 7. The molecule has 0 aliphatic heterocycles. The van der Waals surface area contributed by atoms with E-state index in [2.05, 4.69) is 0 Å². The summed E-state index contributed by atoms with van der Waals surface area (Å²) in [5, 5.41) is 9.56. The Balaban J connectivity index is 2.35. The van der Waals surface area contributed by atoms with Gasteiger partial charge < -0.3 is 9.84 Å². The number of ether oxygens (including phenoxy) is 1. The molecule has 0 aliphatic rings. The summed E-state index contributed by atoms with van der Waals surface area (Å²) in [7, 11) is 0. The Kier molecular flexibility index (Phi) is 5.51. The molecule has 0 amide bonds. The first-order valence-corrected chi connectivity index (χ1v) is 6.29. The average Bonchev–Trinajstić information content (AvgIpc) is 2.28. The fraction of sp³-hybridized carbons (Fsp3) is 0.533. The van der Waals surface area contributed by atoms with E-state index in [9.17, 15) is 9.90 Å². The number of hydrogen-bond donors (Lipinski definition) is 1. The van der Waals surface area contributed by atoms with Crippen LogP contribution in [0.15, 0.2) is 24.3 Å². The van der Waals surface area contributed by atoms with Gasteiger partial charge in [-0.25, -0.2) is 0 Å². The molecule has 100 valence electrons. The van der Waals surface area contributed by atoms with Crippen LogP contribution < -0.4 is 0 Å². The minimum absolute atomic E-state index is 0.106. The molecule has 0 saturated carbocycles. The lowest BCUT2D eigenvalue weighted by atomic mass is 10.1. The second-order valence-corrected chi connectivity index (χ2v) is 5.31. The first-order chi connectivity index (χ1) is 8.40. The Morgan fingerprint density at radius 3 is 2.44 bits per heavy atom. The summed E-state index contributed by atoms with van der Waals surface area (Å²) >= 11 is 0. The Labute approximate surface area is 109 Å². The van der Waals surface area contributed by atoms with Gasteiger partial charge in [-0.05, 0) is 39.2 Å². The smallest absolute Gasteiger partial charge is 0.150 e. The van der Waals surface area contributed by atoms with Crippen molar-refractivity contribution in [2.24, 2.45) is 0 Å². The van der Waals surface area contributed by atoms with Crippen molar-refractivity contribution in [2.45, 2.75) is 45.3 Å². The zero-order chi connectivity index (χ0) is 13.6. The van der Waals surface area contributed by atoms with Crippen LogP contribution in [0.2, 0.25) is 0 Å². The molecule has 3 nitrogen and oxygen atoms in total. The molecule has 1 N–H and O–H groups in total. The minimum atomic E-state index is -0.675. The highest BCUT2D eigenvalue weighted by molar-refractivity contribution is 5.74. The van der Waals surface area contributed by atoms with Crippen LogP contribution in [0.1, 0.15) is 43.1 Å². The maximum absolute atomic E-state index is 10.5. The van der Waals surface area contributed by atoms with E-state index in [0.29, 0.717) is 18.6 Å². The number of hydrogen-bond acceptors (Lipinski definition) is 3. The third kappa shape index (κ3) is 5.94. The van der Waals surface area contributed by atoms with Crippen LogP contribution in [0.5, 0.6) is 0 Å². The number of aliphatic hydroxyl groups is 1. The molecule has 0 radical (unpaired) electrons. The highest BCUT2D eigenvalue weighted by atomic mass is 16.5. The van der Waals surface area contributed by atoms with Crippen LogP contribution in [0, 0.1) is 0 Å². The van der Waals surface area contributed by atoms with Crippen molar-refractivity contribution in [3.8, 4) is 0 Å². The molecule has 1 aromatic carbocycles. The molecule has 3 heteroatoms. The van der Waals surface area contributed by atoms with Crippen molar-refractivity contribution < 1.29 is 14.6 Å². The summed E-state index contributed by atoms with van der Waals surface area (Å²) in [6.07, 6.45) is 2.38. The van der Waals surface area contributed by atoms with Gasteiger partial charge in [-0.2, -0.15) is 0 Å². The standard InChI is InChI=1S/C15H22O3/c1-12(18-9-8-15(2,3)17)10-13-4-6-14(11-16)7-5-13/h4-7,11-12,17H,8-10H2,1-3H3. The SMILES string of the molecule is CC(Cc1ccc(C=O)cc1)OCCC(C)(C)O. The van der Waals surface area contributed by atoms with Gasteiger partial charge in [-0.1, -0.05) is 24.3 Å². The van der Waals surface area contributed by atoms with Crippen LogP contribution in [-0.4, -0.2) is 29.7 Å². The van der Waals surface area contributed by atoms with Crippen LogP contribution in [-0.2, 0) is 11.2 Å². The summed E-state index contributed by atoms with van der Waals surface area (Å²) in [6.45, 7) is 6.12. The Morgan fingerprint density at radius 1 is 1.33 bits per heavy atom. The fourth-order valence-electron chi connectivity index (χ4n) is 1.63. The number of benzene rings is 1. The molecule has 1 atom stereocenters. The van der Waals surface area contributed by atoms with Crippen molar-refractivity contribution in [3.63, 3.8) is 0 Å². The van der Waals surface area contributed by atoms with E-state index < -0.39 is 5.60 Å². The Bertz CT molecular complexity index is 362. The van der Waals surface area contributed by atoms with Gasteiger partial charge >= 0.3 is 0 Å². The van der Waals surface area contributed by atoms with E-state index in [1.54, 1.807) is 13.8 Å². The van der Waals surface area contributed by atoms with E-state index >= 15 is 0 Å². The Hall–Kier alpha value is -1.19. The highest BCUT2D eigenvalue weighted by Crippen LogP contribution is 2.11. The third-order valence-corrected chi connectivity index (χ3v) is 2.76. The van der Waals surface area contributed by atoms with Gasteiger partial charge in [0.05, 0.1) is 11.7 Å². The van der Waals surface area contributed by atoms with Gasteiger partial charge in [0.1, 0.15) is 6.29 Å². The van der Waals surface area contributed by atoms with Crippen LogP contribution >= 0.6 is 0 Å². The molecular weight excluding hydrogens is 228 g/mol. The average molecular weight is 250 g/mol. The molecule has 0 aliphatic carbocycles. The van der Waals surface area contributed by atoms with E-state index in [4.69, 9.17) is 4.74 Å². The van der Waals surface area contributed by atoms with Gasteiger partial charge in [-0.15, -0.1) is 0 Å². The van der Waals surface area contributed by atoms with Crippen LogP contribution in [0.4, 0.5) is 0 Å². The molecule has 0 saturated heterocycles. The normalized spacial score (nSPS) is 13.3. The minimum Gasteiger partial charge on any atom is -0.390 e. The third-order valence-electron chi connectivity index (χ3n) is 2.76. The number of aldehydes is 1. The number of carbonyl (C=O) groups excluding carboxylic acids is 1. The zero-order valence-corrected chi connectivity index (χ0v) is 11.3. The molecule has 0 heterocycles. The predicted molar refractivity (Wildman–Crippen MR) is 71.9 cm³/mol. The first kappa shape index (κ1) is 14.9. The predicted octanol–water partition coefficient (Wildman–Crippen LogP) is 2.61. The van der Waals surface area contributed by atoms with Gasteiger partial charge in [0, 0.05) is 12.2 Å². The van der Waals surface area contributed by atoms with E-state index in [1.165, 1.54) is 0 Å². The summed E-state index contributed by atoms with van der Waals surface area (Å²) in [5.74, 6) is 0. The molecule has 0 spiro atoms. The lowest BCUT2D eigenvalue weighted by molar-refractivity contribution is 0.00461. The van der Waals surface area contributed by atoms with E-state index in [1.807, 2.05) is 31.2 Å². The van der Waals surface area contributed by atoms with Gasteiger partial charge in [0.25, 0.3) is 0 Å². The van der Waals surface area contributed by atoms with Gasteiger partial charge in [0.15, 0.2) is 0 Å². The highest BCUT2D eigenvalue weighted by Gasteiger charge is 2.13. The molecule has 18 heavy (non-hydrogen) atoms. The maximum atomic E-state index is 10.5. The second-order valence-electron chi connectivity index (χ2n) is 5.31. The van der Waals surface area contributed by atoms with Crippen molar-refractivity contribution in [2.75, 3.05) is 6.61 Å². The van der Waals surface area contributed by atoms with Crippen molar-refractivity contribution >= 4 is 6.29 Å². The molecule has 0 fully saturated rings. The molecule has 0 aromatic heterocycles. The summed E-state index contributed by atoms with van der Waals surface area (Å²) in [5.41, 5.74) is 1.16. The summed E-state index contributed by atoms with van der Waals surface area (Å²) in [6, 6.07) is 7.51. The van der Waals surface area contributed by atoms with Crippen molar-refractivity contribution in [3.05, 3.63) is 35.4 Å². The lowest BCUT2D eigenvalue weighted by Gasteiger charge is -2.19. The molecule has 1 rings (SSSR count). The maximum Gasteiger partial charge on any atom is 0.150 e. The second kappa shape index (κ2) is 6.66. The summed E-state index contributed by atoms with van der Waals surface area (Å²) in [4.78, 5) is 10.5. The fourth-order valence-corrected chi connectivity index (χ4v) is 1.63. The van der Waals surface area contributed by atoms with E-state index in [-0.39, 0.29) is 6.10 Å². The molecule has 1 unspecified atom stereocenters. The van der Waals surface area contributed by atoms with E-state index in [0.717, 1.165) is 18.3 Å². The monoisotopic (exact) mass is 250 g/mol. The van der Waals surface area contributed by atoms with Gasteiger partial charge in [-0.3, -0.25) is 4.79 Å². The number of carbonyl (C=O) groups is 1. The topological polar surface area (TPSA) is 46.5 Å². The van der Waals surface area contributed by atoms with Crippen LogP contribution in [0.25, 0.3) is 0 Å². The van der Waals surface area contributed by atoms with Crippen LogP contribution in [0.3, 0.4) is 0 Å². The first-order valence-electron chi connectivity index (χ1n) is 6.29.